The lowest BCUT2D eigenvalue weighted by molar-refractivity contribution is -0.116. The molecule has 6 heteroatoms. The van der Waals surface area contributed by atoms with Crippen LogP contribution in [0, 0.1) is 20.8 Å². The second-order valence-electron chi connectivity index (χ2n) is 5.37. The first-order valence-electron chi connectivity index (χ1n) is 7.35. The standard InChI is InChI=1S/C17H20ClN3OS/c1-10-5-6-13(18)9-15(10)21-16(22)8-7-14-11(2)19-17(23-4)20-12(14)3/h5-6,9H,7-8H2,1-4H3,(H,21,22). The highest BCUT2D eigenvalue weighted by molar-refractivity contribution is 7.98. The van der Waals surface area contributed by atoms with Crippen LogP contribution in [0.4, 0.5) is 5.69 Å². The molecule has 2 aromatic rings. The molecule has 1 aromatic heterocycles. The van der Waals surface area contributed by atoms with Crippen molar-refractivity contribution in [3.05, 3.63) is 45.7 Å². The van der Waals surface area contributed by atoms with E-state index >= 15 is 0 Å². The maximum absolute atomic E-state index is 12.2. The van der Waals surface area contributed by atoms with E-state index in [0.717, 1.165) is 33.4 Å². The predicted molar refractivity (Wildman–Crippen MR) is 96.4 cm³/mol. The van der Waals surface area contributed by atoms with E-state index in [-0.39, 0.29) is 5.91 Å². The molecule has 0 spiro atoms. The second-order valence-corrected chi connectivity index (χ2v) is 6.58. The molecule has 0 aliphatic carbocycles. The summed E-state index contributed by atoms with van der Waals surface area (Å²) in [6.45, 7) is 5.86. The zero-order chi connectivity index (χ0) is 17.0. The Bertz CT molecular complexity index is 711. The summed E-state index contributed by atoms with van der Waals surface area (Å²) in [6.07, 6.45) is 2.96. The Balaban J connectivity index is 2.03. The molecule has 0 fully saturated rings. The highest BCUT2D eigenvalue weighted by Crippen LogP contribution is 2.21. The molecular weight excluding hydrogens is 330 g/mol. The zero-order valence-electron chi connectivity index (χ0n) is 13.7. The fraction of sp³-hybridized carbons (Fsp3) is 0.353. The average molecular weight is 350 g/mol. The molecule has 4 nitrogen and oxygen atoms in total. The van der Waals surface area contributed by atoms with Crippen molar-refractivity contribution >= 4 is 35.0 Å². The third kappa shape index (κ3) is 4.69. The fourth-order valence-electron chi connectivity index (χ4n) is 2.34. The molecule has 0 atom stereocenters. The van der Waals surface area contributed by atoms with Gasteiger partial charge >= 0.3 is 0 Å². The van der Waals surface area contributed by atoms with Gasteiger partial charge in [-0.15, -0.1) is 0 Å². The molecule has 2 rings (SSSR count). The van der Waals surface area contributed by atoms with Crippen LogP contribution < -0.4 is 5.32 Å². The number of amides is 1. The first-order chi connectivity index (χ1) is 10.9. The minimum absolute atomic E-state index is 0.0388. The number of anilines is 1. The monoisotopic (exact) mass is 349 g/mol. The number of hydrogen-bond acceptors (Lipinski definition) is 4. The summed E-state index contributed by atoms with van der Waals surface area (Å²) < 4.78 is 0. The Morgan fingerprint density at radius 3 is 2.48 bits per heavy atom. The number of halogens is 1. The van der Waals surface area contributed by atoms with Crippen molar-refractivity contribution in [2.75, 3.05) is 11.6 Å². The van der Waals surface area contributed by atoms with Gasteiger partial charge in [0, 0.05) is 28.5 Å². The number of aromatic nitrogens is 2. The lowest BCUT2D eigenvalue weighted by Gasteiger charge is -2.11. The van der Waals surface area contributed by atoms with Gasteiger partial charge in [0.1, 0.15) is 0 Å². The maximum atomic E-state index is 12.2. The number of hydrogen-bond donors (Lipinski definition) is 1. The van der Waals surface area contributed by atoms with Crippen LogP contribution in [-0.2, 0) is 11.2 Å². The van der Waals surface area contributed by atoms with Gasteiger partial charge in [-0.05, 0) is 56.7 Å². The quantitative estimate of drug-likeness (QED) is 0.644. The number of carbonyl (C=O) groups is 1. The lowest BCUT2D eigenvalue weighted by atomic mass is 10.1. The molecule has 0 saturated heterocycles. The predicted octanol–water partition coefficient (Wildman–Crippen LogP) is 4.35. The topological polar surface area (TPSA) is 54.9 Å². The summed E-state index contributed by atoms with van der Waals surface area (Å²) in [7, 11) is 0. The van der Waals surface area contributed by atoms with Gasteiger partial charge in [0.2, 0.25) is 5.91 Å². The largest absolute Gasteiger partial charge is 0.326 e. The minimum atomic E-state index is -0.0388. The maximum Gasteiger partial charge on any atom is 0.224 e. The average Bonchev–Trinajstić information content (AvgIpc) is 2.49. The van der Waals surface area contributed by atoms with E-state index in [4.69, 9.17) is 11.6 Å². The summed E-state index contributed by atoms with van der Waals surface area (Å²) in [4.78, 5) is 21.1. The molecule has 0 bridgehead atoms. The van der Waals surface area contributed by atoms with E-state index in [2.05, 4.69) is 15.3 Å². The SMILES string of the molecule is CSc1nc(C)c(CCC(=O)Nc2cc(Cl)ccc2C)c(C)n1. The van der Waals surface area contributed by atoms with E-state index in [1.165, 1.54) is 11.8 Å². The molecule has 0 aliphatic heterocycles. The molecule has 0 aliphatic rings. The van der Waals surface area contributed by atoms with Crippen molar-refractivity contribution in [3.8, 4) is 0 Å². The summed E-state index contributed by atoms with van der Waals surface area (Å²) in [5.41, 5.74) is 4.66. The number of benzene rings is 1. The van der Waals surface area contributed by atoms with Crippen molar-refractivity contribution in [2.24, 2.45) is 0 Å². The molecule has 23 heavy (non-hydrogen) atoms. The molecular formula is C17H20ClN3OS. The molecule has 1 amide bonds. The first-order valence-corrected chi connectivity index (χ1v) is 8.95. The number of rotatable bonds is 5. The number of carbonyl (C=O) groups excluding carboxylic acids is 1. The van der Waals surface area contributed by atoms with E-state index in [9.17, 15) is 4.79 Å². The summed E-state index contributed by atoms with van der Waals surface area (Å²) >= 11 is 7.49. The Hall–Kier alpha value is -1.59. The van der Waals surface area contributed by atoms with Gasteiger partial charge in [0.25, 0.3) is 0 Å². The van der Waals surface area contributed by atoms with Gasteiger partial charge in [0.05, 0.1) is 0 Å². The normalized spacial score (nSPS) is 10.7. The van der Waals surface area contributed by atoms with Crippen LogP contribution in [0.15, 0.2) is 23.4 Å². The van der Waals surface area contributed by atoms with Crippen LogP contribution in [0.25, 0.3) is 0 Å². The smallest absolute Gasteiger partial charge is 0.224 e. The lowest BCUT2D eigenvalue weighted by Crippen LogP contribution is -2.14. The Labute approximate surface area is 146 Å². The molecule has 122 valence electrons. The van der Waals surface area contributed by atoms with Crippen LogP contribution in [0.3, 0.4) is 0 Å². The van der Waals surface area contributed by atoms with Crippen molar-refractivity contribution in [2.45, 2.75) is 38.8 Å². The summed E-state index contributed by atoms with van der Waals surface area (Å²) in [6, 6.07) is 5.47. The number of thioether (sulfide) groups is 1. The first kappa shape index (κ1) is 17.8. The van der Waals surface area contributed by atoms with Crippen LogP contribution in [-0.4, -0.2) is 22.1 Å². The highest BCUT2D eigenvalue weighted by Gasteiger charge is 2.11. The van der Waals surface area contributed by atoms with Gasteiger partial charge in [-0.3, -0.25) is 4.79 Å². The Morgan fingerprint density at radius 2 is 1.87 bits per heavy atom. The molecule has 1 heterocycles. The number of aryl methyl sites for hydroxylation is 3. The number of nitrogens with zero attached hydrogens (tertiary/aromatic N) is 2. The van der Waals surface area contributed by atoms with Crippen LogP contribution in [0.5, 0.6) is 0 Å². The summed E-state index contributed by atoms with van der Waals surface area (Å²) in [5.74, 6) is -0.0388. The molecule has 0 radical (unpaired) electrons. The van der Waals surface area contributed by atoms with Crippen molar-refractivity contribution in [1.82, 2.24) is 9.97 Å². The molecule has 0 unspecified atom stereocenters. The van der Waals surface area contributed by atoms with Gasteiger partial charge in [-0.2, -0.15) is 0 Å². The number of nitrogens with one attached hydrogen (secondary N) is 1. The van der Waals surface area contributed by atoms with E-state index < -0.39 is 0 Å². The van der Waals surface area contributed by atoms with E-state index in [1.54, 1.807) is 6.07 Å². The summed E-state index contributed by atoms with van der Waals surface area (Å²) in [5, 5.41) is 4.29. The fourth-order valence-corrected chi connectivity index (χ4v) is 2.97. The van der Waals surface area contributed by atoms with Gasteiger partial charge in [-0.25, -0.2) is 9.97 Å². The van der Waals surface area contributed by atoms with Crippen molar-refractivity contribution in [1.29, 1.82) is 0 Å². The van der Waals surface area contributed by atoms with Gasteiger partial charge < -0.3 is 5.32 Å². The van der Waals surface area contributed by atoms with Gasteiger partial charge in [-0.1, -0.05) is 29.4 Å². The van der Waals surface area contributed by atoms with Gasteiger partial charge in [0.15, 0.2) is 5.16 Å². The molecule has 1 aromatic carbocycles. The molecule has 0 saturated carbocycles. The van der Waals surface area contributed by atoms with Crippen molar-refractivity contribution in [3.63, 3.8) is 0 Å². The Kier molecular flexibility index (Phi) is 6.02. The third-order valence-corrected chi connectivity index (χ3v) is 4.44. The second kappa shape index (κ2) is 7.79. The molecule has 1 N–H and O–H groups in total. The third-order valence-electron chi connectivity index (χ3n) is 3.66. The minimum Gasteiger partial charge on any atom is -0.326 e. The van der Waals surface area contributed by atoms with Crippen LogP contribution in [0.2, 0.25) is 5.02 Å². The van der Waals surface area contributed by atoms with E-state index in [0.29, 0.717) is 17.9 Å². The van der Waals surface area contributed by atoms with Crippen LogP contribution in [0.1, 0.15) is 28.9 Å². The van der Waals surface area contributed by atoms with Crippen molar-refractivity contribution < 1.29 is 4.79 Å². The van der Waals surface area contributed by atoms with E-state index in [1.807, 2.05) is 39.2 Å². The Morgan fingerprint density at radius 1 is 1.22 bits per heavy atom. The highest BCUT2D eigenvalue weighted by atomic mass is 35.5. The van der Waals surface area contributed by atoms with Crippen LogP contribution >= 0.6 is 23.4 Å². The zero-order valence-corrected chi connectivity index (χ0v) is 15.3.